The van der Waals surface area contributed by atoms with Crippen molar-refractivity contribution in [3.63, 3.8) is 0 Å². The fourth-order valence-corrected chi connectivity index (χ4v) is 1.62. The monoisotopic (exact) mass is 167 g/mol. The van der Waals surface area contributed by atoms with Gasteiger partial charge in [0.2, 0.25) is 5.91 Å². The van der Waals surface area contributed by atoms with Gasteiger partial charge in [-0.1, -0.05) is 19.9 Å². The maximum Gasteiger partial charge on any atom is 0.226 e. The first kappa shape index (κ1) is 9.30. The fraction of sp³-hybridized carbons (Fsp3) is 0.700. The summed E-state index contributed by atoms with van der Waals surface area (Å²) in [5.41, 5.74) is 1.20. The quantitative estimate of drug-likeness (QED) is 0.586. The summed E-state index contributed by atoms with van der Waals surface area (Å²) in [5.74, 6) is 0.778. The molecule has 0 aliphatic carbocycles. The molecule has 12 heavy (non-hydrogen) atoms. The molecule has 0 aromatic heterocycles. The van der Waals surface area contributed by atoms with E-state index in [9.17, 15) is 4.79 Å². The van der Waals surface area contributed by atoms with Gasteiger partial charge in [0.05, 0.1) is 0 Å². The van der Waals surface area contributed by atoms with E-state index in [0.717, 1.165) is 12.8 Å². The van der Waals surface area contributed by atoms with Crippen LogP contribution in [0.2, 0.25) is 0 Å². The van der Waals surface area contributed by atoms with Crippen LogP contribution in [-0.4, -0.2) is 17.9 Å². The van der Waals surface area contributed by atoms with Crippen molar-refractivity contribution in [2.45, 2.75) is 33.1 Å². The molecular weight excluding hydrogens is 150 g/mol. The molecule has 2 nitrogen and oxygen atoms in total. The van der Waals surface area contributed by atoms with Gasteiger partial charge in [0.15, 0.2) is 0 Å². The number of carbonyl (C=O) groups is 1. The molecule has 1 heterocycles. The van der Waals surface area contributed by atoms with Crippen LogP contribution in [0.15, 0.2) is 11.8 Å². The van der Waals surface area contributed by atoms with Crippen molar-refractivity contribution in [3.8, 4) is 0 Å². The van der Waals surface area contributed by atoms with Crippen molar-refractivity contribution in [3.05, 3.63) is 11.8 Å². The first-order valence-corrected chi connectivity index (χ1v) is 4.60. The molecule has 0 spiro atoms. The van der Waals surface area contributed by atoms with Crippen LogP contribution in [0, 0.1) is 5.92 Å². The summed E-state index contributed by atoms with van der Waals surface area (Å²) >= 11 is 0. The van der Waals surface area contributed by atoms with Gasteiger partial charge >= 0.3 is 0 Å². The molecule has 0 saturated carbocycles. The second-order valence-corrected chi connectivity index (χ2v) is 3.57. The van der Waals surface area contributed by atoms with E-state index in [2.05, 4.69) is 19.9 Å². The Morgan fingerprint density at radius 3 is 2.83 bits per heavy atom. The van der Waals surface area contributed by atoms with Crippen LogP contribution in [0.4, 0.5) is 0 Å². The maximum atomic E-state index is 11.4. The second kappa shape index (κ2) is 3.74. The first-order chi connectivity index (χ1) is 5.65. The van der Waals surface area contributed by atoms with Crippen LogP contribution in [0.1, 0.15) is 33.1 Å². The zero-order chi connectivity index (χ0) is 9.14. The van der Waals surface area contributed by atoms with E-state index >= 15 is 0 Å². The lowest BCUT2D eigenvalue weighted by atomic mass is 9.95. The van der Waals surface area contributed by atoms with Crippen molar-refractivity contribution < 1.29 is 4.79 Å². The van der Waals surface area contributed by atoms with Crippen molar-refractivity contribution in [1.82, 2.24) is 4.90 Å². The molecule has 1 atom stereocenters. The van der Waals surface area contributed by atoms with Crippen LogP contribution in [0.5, 0.6) is 0 Å². The first-order valence-electron chi connectivity index (χ1n) is 4.60. The van der Waals surface area contributed by atoms with E-state index in [1.54, 1.807) is 4.90 Å². The third-order valence-electron chi connectivity index (χ3n) is 2.33. The zero-order valence-corrected chi connectivity index (χ0v) is 8.13. The maximum absolute atomic E-state index is 11.4. The Morgan fingerprint density at radius 1 is 1.58 bits per heavy atom. The van der Waals surface area contributed by atoms with E-state index in [0.29, 0.717) is 12.3 Å². The molecule has 1 unspecified atom stereocenters. The molecule has 0 bridgehead atoms. The third-order valence-corrected chi connectivity index (χ3v) is 2.33. The molecule has 0 aromatic carbocycles. The van der Waals surface area contributed by atoms with Gasteiger partial charge in [-0.25, -0.2) is 0 Å². The van der Waals surface area contributed by atoms with Crippen molar-refractivity contribution in [2.75, 3.05) is 7.05 Å². The molecule has 1 saturated heterocycles. The van der Waals surface area contributed by atoms with Crippen molar-refractivity contribution in [2.24, 2.45) is 5.92 Å². The Kier molecular flexibility index (Phi) is 2.90. The molecule has 1 amide bonds. The van der Waals surface area contributed by atoms with Crippen LogP contribution < -0.4 is 0 Å². The third kappa shape index (κ3) is 1.87. The summed E-state index contributed by atoms with van der Waals surface area (Å²) < 4.78 is 0. The molecule has 0 N–H and O–H groups in total. The summed E-state index contributed by atoms with van der Waals surface area (Å²) in [6.07, 6.45) is 4.92. The minimum Gasteiger partial charge on any atom is -0.320 e. The summed E-state index contributed by atoms with van der Waals surface area (Å²) in [4.78, 5) is 13.2. The summed E-state index contributed by atoms with van der Waals surface area (Å²) in [7, 11) is 1.87. The lowest BCUT2D eigenvalue weighted by Gasteiger charge is -2.29. The number of carbonyl (C=O) groups excluding carboxylic acids is 1. The number of hydrogen-bond acceptors (Lipinski definition) is 1. The van der Waals surface area contributed by atoms with Crippen LogP contribution in [0.25, 0.3) is 0 Å². The summed E-state index contributed by atoms with van der Waals surface area (Å²) in [5, 5.41) is 0. The molecule has 1 aliphatic heterocycles. The SMILES string of the molecule is CC/C=C1\CC(C)CC(=O)N1C. The average molecular weight is 167 g/mol. The Hall–Kier alpha value is -0.790. The number of likely N-dealkylation sites (tertiary alicyclic amines) is 1. The predicted octanol–water partition coefficient (Wildman–Crippen LogP) is 2.17. The Morgan fingerprint density at radius 2 is 2.25 bits per heavy atom. The highest BCUT2D eigenvalue weighted by molar-refractivity contribution is 5.79. The molecule has 1 aliphatic rings. The number of hydrogen-bond donors (Lipinski definition) is 0. The van der Waals surface area contributed by atoms with Crippen molar-refractivity contribution >= 4 is 5.91 Å². The molecule has 1 fully saturated rings. The minimum atomic E-state index is 0.258. The molecule has 0 aromatic rings. The Labute approximate surface area is 74.2 Å². The number of amides is 1. The lowest BCUT2D eigenvalue weighted by molar-refractivity contribution is -0.130. The summed E-state index contributed by atoms with van der Waals surface area (Å²) in [6, 6.07) is 0. The van der Waals surface area contributed by atoms with Gasteiger partial charge in [-0.05, 0) is 18.8 Å². The lowest BCUT2D eigenvalue weighted by Crippen LogP contribution is -2.33. The topological polar surface area (TPSA) is 20.3 Å². The zero-order valence-electron chi connectivity index (χ0n) is 8.13. The number of nitrogens with zero attached hydrogens (tertiary/aromatic N) is 1. The molecule has 1 rings (SSSR count). The smallest absolute Gasteiger partial charge is 0.226 e. The molecule has 0 radical (unpaired) electrons. The number of allylic oxidation sites excluding steroid dienone is 2. The highest BCUT2D eigenvalue weighted by Gasteiger charge is 2.23. The van der Waals surface area contributed by atoms with Gasteiger partial charge < -0.3 is 4.90 Å². The number of rotatable bonds is 1. The Balaban J connectivity index is 2.73. The molecular formula is C10H17NO. The highest BCUT2D eigenvalue weighted by Crippen LogP contribution is 2.25. The standard InChI is InChI=1S/C10H17NO/c1-4-5-9-6-8(2)7-10(12)11(9)3/h5,8H,4,6-7H2,1-3H3/b9-5+. The minimum absolute atomic E-state index is 0.258. The van der Waals surface area contributed by atoms with E-state index in [-0.39, 0.29) is 5.91 Å². The predicted molar refractivity (Wildman–Crippen MR) is 49.5 cm³/mol. The van der Waals surface area contributed by atoms with Crippen molar-refractivity contribution in [1.29, 1.82) is 0 Å². The van der Waals surface area contributed by atoms with Gasteiger partial charge in [0.25, 0.3) is 0 Å². The second-order valence-electron chi connectivity index (χ2n) is 3.57. The van der Waals surface area contributed by atoms with Gasteiger partial charge in [0.1, 0.15) is 0 Å². The van der Waals surface area contributed by atoms with E-state index in [1.807, 2.05) is 7.05 Å². The number of piperidine rings is 1. The van der Waals surface area contributed by atoms with Crippen LogP contribution in [0.3, 0.4) is 0 Å². The normalized spacial score (nSPS) is 28.2. The van der Waals surface area contributed by atoms with E-state index in [4.69, 9.17) is 0 Å². The molecule has 2 heteroatoms. The van der Waals surface area contributed by atoms with E-state index in [1.165, 1.54) is 5.70 Å². The highest BCUT2D eigenvalue weighted by atomic mass is 16.2. The molecule has 68 valence electrons. The van der Waals surface area contributed by atoms with Gasteiger partial charge in [0, 0.05) is 19.2 Å². The Bertz CT molecular complexity index is 208. The average Bonchev–Trinajstić information content (AvgIpc) is 2.00. The van der Waals surface area contributed by atoms with Gasteiger partial charge in [-0.2, -0.15) is 0 Å². The van der Waals surface area contributed by atoms with Crippen LogP contribution >= 0.6 is 0 Å². The van der Waals surface area contributed by atoms with Gasteiger partial charge in [-0.15, -0.1) is 0 Å². The fourth-order valence-electron chi connectivity index (χ4n) is 1.62. The summed E-state index contributed by atoms with van der Waals surface area (Å²) in [6.45, 7) is 4.24. The van der Waals surface area contributed by atoms with Crippen LogP contribution in [-0.2, 0) is 4.79 Å². The van der Waals surface area contributed by atoms with E-state index < -0.39 is 0 Å². The largest absolute Gasteiger partial charge is 0.320 e. The van der Waals surface area contributed by atoms with Gasteiger partial charge in [-0.3, -0.25) is 4.79 Å².